The summed E-state index contributed by atoms with van der Waals surface area (Å²) in [5.74, 6) is -0.489. The van der Waals surface area contributed by atoms with Crippen molar-refractivity contribution in [2.45, 2.75) is 46.3 Å². The van der Waals surface area contributed by atoms with Crippen molar-refractivity contribution in [2.24, 2.45) is 0 Å². The molecule has 94 valence electrons. The fourth-order valence-corrected chi connectivity index (χ4v) is 1.47. The molecule has 0 saturated heterocycles. The van der Waals surface area contributed by atoms with E-state index in [0.29, 0.717) is 0 Å². The molecule has 0 fully saturated rings. The first-order valence-electron chi connectivity index (χ1n) is 5.24. The van der Waals surface area contributed by atoms with E-state index < -0.39 is 5.60 Å². The Morgan fingerprint density at radius 3 is 2.12 bits per heavy atom. The van der Waals surface area contributed by atoms with Gasteiger partial charge in [0.15, 0.2) is 0 Å². The minimum atomic E-state index is -0.517. The predicted octanol–water partition coefficient (Wildman–Crippen LogP) is 1.96. The molecule has 0 unspecified atom stereocenters. The number of rotatable bonds is 4. The number of alkyl halides is 1. The van der Waals surface area contributed by atoms with Gasteiger partial charge in [0.1, 0.15) is 12.1 Å². The third-order valence-electron chi connectivity index (χ3n) is 1.78. The van der Waals surface area contributed by atoms with Gasteiger partial charge in [0.2, 0.25) is 5.91 Å². The maximum Gasteiger partial charge on any atom is 0.326 e. The SMILES string of the molecule is CC(C)N(CC(=O)OC(C)(C)C)C(=O)CBr. The van der Waals surface area contributed by atoms with E-state index in [1.165, 1.54) is 4.90 Å². The van der Waals surface area contributed by atoms with Crippen LogP contribution < -0.4 is 0 Å². The van der Waals surface area contributed by atoms with Crippen LogP contribution in [0.4, 0.5) is 0 Å². The summed E-state index contributed by atoms with van der Waals surface area (Å²) in [6.07, 6.45) is 0. The van der Waals surface area contributed by atoms with Gasteiger partial charge >= 0.3 is 5.97 Å². The van der Waals surface area contributed by atoms with Crippen LogP contribution in [0.3, 0.4) is 0 Å². The number of esters is 1. The van der Waals surface area contributed by atoms with Crippen molar-refractivity contribution in [2.75, 3.05) is 11.9 Å². The summed E-state index contributed by atoms with van der Waals surface area (Å²) in [5, 5.41) is 0.216. The normalized spacial score (nSPS) is 11.4. The lowest BCUT2D eigenvalue weighted by Crippen LogP contribution is -2.43. The van der Waals surface area contributed by atoms with Crippen molar-refractivity contribution in [3.8, 4) is 0 Å². The maximum atomic E-state index is 11.6. The Morgan fingerprint density at radius 2 is 1.81 bits per heavy atom. The Balaban J connectivity index is 4.42. The zero-order chi connectivity index (χ0) is 12.9. The van der Waals surface area contributed by atoms with Crippen LogP contribution in [-0.2, 0) is 14.3 Å². The molecule has 0 aliphatic heterocycles. The Labute approximate surface area is 105 Å². The molecule has 0 atom stereocenters. The first-order chi connectivity index (χ1) is 7.17. The Kier molecular flexibility index (Phi) is 6.00. The van der Waals surface area contributed by atoms with Crippen molar-refractivity contribution in [1.29, 1.82) is 0 Å². The molecule has 5 heteroatoms. The lowest BCUT2D eigenvalue weighted by atomic mass is 10.2. The monoisotopic (exact) mass is 293 g/mol. The maximum absolute atomic E-state index is 11.6. The van der Waals surface area contributed by atoms with Gasteiger partial charge in [-0.1, -0.05) is 15.9 Å². The third kappa shape index (κ3) is 6.10. The minimum Gasteiger partial charge on any atom is -0.459 e. The van der Waals surface area contributed by atoms with Gasteiger partial charge in [-0.25, -0.2) is 0 Å². The number of carbonyl (C=O) groups is 2. The fourth-order valence-electron chi connectivity index (χ4n) is 1.15. The topological polar surface area (TPSA) is 46.6 Å². The van der Waals surface area contributed by atoms with Crippen molar-refractivity contribution in [3.63, 3.8) is 0 Å². The zero-order valence-electron chi connectivity index (χ0n) is 10.5. The van der Waals surface area contributed by atoms with Gasteiger partial charge in [0, 0.05) is 6.04 Å². The van der Waals surface area contributed by atoms with Crippen molar-refractivity contribution in [1.82, 2.24) is 4.90 Å². The number of amides is 1. The Morgan fingerprint density at radius 1 is 1.31 bits per heavy atom. The molecule has 0 aromatic carbocycles. The van der Waals surface area contributed by atoms with Gasteiger partial charge in [0.05, 0.1) is 5.33 Å². The van der Waals surface area contributed by atoms with E-state index in [-0.39, 0.29) is 29.8 Å². The van der Waals surface area contributed by atoms with Crippen LogP contribution in [0.5, 0.6) is 0 Å². The molecule has 0 saturated carbocycles. The number of ether oxygens (including phenoxy) is 1. The summed E-state index contributed by atoms with van der Waals surface area (Å²) in [7, 11) is 0. The quantitative estimate of drug-likeness (QED) is 0.588. The summed E-state index contributed by atoms with van der Waals surface area (Å²) in [6.45, 7) is 9.14. The molecule has 0 heterocycles. The summed E-state index contributed by atoms with van der Waals surface area (Å²) in [5.41, 5.74) is -0.517. The number of nitrogens with zero attached hydrogens (tertiary/aromatic N) is 1. The van der Waals surface area contributed by atoms with Crippen molar-refractivity contribution < 1.29 is 14.3 Å². The summed E-state index contributed by atoms with van der Waals surface area (Å²) < 4.78 is 5.16. The lowest BCUT2D eigenvalue weighted by Gasteiger charge is -2.27. The lowest BCUT2D eigenvalue weighted by molar-refractivity contribution is -0.159. The Bertz CT molecular complexity index is 258. The first-order valence-corrected chi connectivity index (χ1v) is 6.37. The molecule has 16 heavy (non-hydrogen) atoms. The zero-order valence-corrected chi connectivity index (χ0v) is 12.1. The van der Waals surface area contributed by atoms with Crippen LogP contribution in [0.15, 0.2) is 0 Å². The van der Waals surface area contributed by atoms with E-state index in [4.69, 9.17) is 4.74 Å². The van der Waals surface area contributed by atoms with Crippen molar-refractivity contribution in [3.05, 3.63) is 0 Å². The highest BCUT2D eigenvalue weighted by Crippen LogP contribution is 2.09. The summed E-state index contributed by atoms with van der Waals surface area (Å²) >= 11 is 3.09. The molecule has 0 spiro atoms. The molecule has 0 aromatic heterocycles. The van der Waals surface area contributed by atoms with Crippen LogP contribution in [0.2, 0.25) is 0 Å². The average molecular weight is 294 g/mol. The average Bonchev–Trinajstić information content (AvgIpc) is 2.09. The number of carbonyl (C=O) groups excluding carboxylic acids is 2. The van der Waals surface area contributed by atoms with E-state index >= 15 is 0 Å². The smallest absolute Gasteiger partial charge is 0.326 e. The molecule has 0 aliphatic carbocycles. The van der Waals surface area contributed by atoms with E-state index in [0.717, 1.165) is 0 Å². The highest BCUT2D eigenvalue weighted by molar-refractivity contribution is 9.09. The van der Waals surface area contributed by atoms with Crippen LogP contribution >= 0.6 is 15.9 Å². The van der Waals surface area contributed by atoms with E-state index in [1.54, 1.807) is 20.8 Å². The summed E-state index contributed by atoms with van der Waals surface area (Å²) in [4.78, 5) is 24.6. The van der Waals surface area contributed by atoms with E-state index in [1.807, 2.05) is 13.8 Å². The van der Waals surface area contributed by atoms with Gasteiger partial charge < -0.3 is 9.64 Å². The summed E-state index contributed by atoms with van der Waals surface area (Å²) in [6, 6.07) is -0.0161. The van der Waals surface area contributed by atoms with Crippen LogP contribution in [0, 0.1) is 0 Å². The van der Waals surface area contributed by atoms with E-state index in [2.05, 4.69) is 15.9 Å². The minimum absolute atomic E-state index is 0.000625. The highest BCUT2D eigenvalue weighted by atomic mass is 79.9. The van der Waals surface area contributed by atoms with Crippen LogP contribution in [0.1, 0.15) is 34.6 Å². The third-order valence-corrected chi connectivity index (χ3v) is 2.26. The van der Waals surface area contributed by atoms with E-state index in [9.17, 15) is 9.59 Å². The fraction of sp³-hybridized carbons (Fsp3) is 0.818. The number of hydrogen-bond donors (Lipinski definition) is 0. The van der Waals surface area contributed by atoms with Gasteiger partial charge in [-0.3, -0.25) is 9.59 Å². The Hall–Kier alpha value is -0.580. The first kappa shape index (κ1) is 15.4. The molecule has 0 bridgehead atoms. The molecule has 0 N–H and O–H groups in total. The molecule has 0 rings (SSSR count). The molecular weight excluding hydrogens is 274 g/mol. The van der Waals surface area contributed by atoms with Gasteiger partial charge in [-0.05, 0) is 34.6 Å². The molecular formula is C11H20BrNO3. The largest absolute Gasteiger partial charge is 0.459 e. The second-order valence-corrected chi connectivity index (χ2v) is 5.40. The number of halogens is 1. The van der Waals surface area contributed by atoms with Crippen LogP contribution in [0.25, 0.3) is 0 Å². The standard InChI is InChI=1S/C11H20BrNO3/c1-8(2)13(9(14)6-12)7-10(15)16-11(3,4)5/h8H,6-7H2,1-5H3. The number of hydrogen-bond acceptors (Lipinski definition) is 3. The van der Waals surface area contributed by atoms with Crippen molar-refractivity contribution >= 4 is 27.8 Å². The molecule has 1 amide bonds. The highest BCUT2D eigenvalue weighted by Gasteiger charge is 2.23. The molecule has 0 radical (unpaired) electrons. The van der Waals surface area contributed by atoms with Gasteiger partial charge in [0.25, 0.3) is 0 Å². The van der Waals surface area contributed by atoms with Gasteiger partial charge in [-0.2, -0.15) is 0 Å². The molecule has 0 aromatic rings. The molecule has 4 nitrogen and oxygen atoms in total. The van der Waals surface area contributed by atoms with Crippen LogP contribution in [-0.4, -0.2) is 40.3 Å². The predicted molar refractivity (Wildman–Crippen MR) is 66.5 cm³/mol. The second kappa shape index (κ2) is 6.23. The van der Waals surface area contributed by atoms with Gasteiger partial charge in [-0.15, -0.1) is 0 Å². The second-order valence-electron chi connectivity index (χ2n) is 4.84. The molecule has 0 aliphatic rings.